The summed E-state index contributed by atoms with van der Waals surface area (Å²) in [4.78, 5) is 24.7. The summed E-state index contributed by atoms with van der Waals surface area (Å²) >= 11 is 0. The van der Waals surface area contributed by atoms with Crippen molar-refractivity contribution < 1.29 is 9.59 Å². The Bertz CT molecular complexity index is 287. The fraction of sp³-hybridized carbons (Fsp3) is 0.800. The van der Waals surface area contributed by atoms with E-state index in [0.717, 1.165) is 25.9 Å². The van der Waals surface area contributed by atoms with Gasteiger partial charge in [-0.05, 0) is 19.9 Å². The van der Waals surface area contributed by atoms with E-state index in [0.29, 0.717) is 6.04 Å². The van der Waals surface area contributed by atoms with Gasteiger partial charge in [0.25, 0.3) is 0 Å². The minimum absolute atomic E-state index is 0.243. The Hall–Kier alpha value is -1.14. The van der Waals surface area contributed by atoms with E-state index in [1.54, 1.807) is 0 Å². The number of carbonyl (C=O) groups excluding carboxylic acids is 2. The van der Waals surface area contributed by atoms with E-state index in [1.807, 2.05) is 11.9 Å². The summed E-state index contributed by atoms with van der Waals surface area (Å²) in [6.07, 6.45) is 2.05. The van der Waals surface area contributed by atoms with E-state index in [9.17, 15) is 9.59 Å². The quantitative estimate of drug-likeness (QED) is 0.567. The monoisotopic (exact) mass is 226 g/mol. The molecule has 1 heterocycles. The first kappa shape index (κ1) is 11.3. The summed E-state index contributed by atoms with van der Waals surface area (Å²) < 4.78 is 0. The van der Waals surface area contributed by atoms with Gasteiger partial charge in [-0.1, -0.05) is 0 Å². The van der Waals surface area contributed by atoms with Gasteiger partial charge in [-0.3, -0.25) is 15.0 Å². The summed E-state index contributed by atoms with van der Waals surface area (Å²) in [5.41, 5.74) is 0. The second-order valence-corrected chi connectivity index (χ2v) is 4.52. The molecule has 2 fully saturated rings. The Morgan fingerprint density at radius 2 is 2.06 bits per heavy atom. The standard InChI is InChI=1S/C10H18N4O2/c1-14(8-4-11-5-8)6-9(15)13-10(16)12-7-2-3-7/h7-8,11H,2-6H2,1H3,(H2,12,13,15,16). The molecule has 1 aliphatic carbocycles. The molecule has 0 aromatic heterocycles. The number of nitrogens with zero attached hydrogens (tertiary/aromatic N) is 1. The fourth-order valence-corrected chi connectivity index (χ4v) is 1.56. The highest BCUT2D eigenvalue weighted by atomic mass is 16.2. The maximum atomic E-state index is 11.5. The summed E-state index contributed by atoms with van der Waals surface area (Å²) in [6.45, 7) is 2.10. The molecule has 3 N–H and O–H groups in total. The molecule has 0 radical (unpaired) electrons. The number of hydrogen-bond donors (Lipinski definition) is 3. The maximum Gasteiger partial charge on any atom is 0.321 e. The molecule has 2 rings (SSSR count). The number of hydrogen-bond acceptors (Lipinski definition) is 4. The van der Waals surface area contributed by atoms with Crippen molar-refractivity contribution in [3.63, 3.8) is 0 Å². The third-order valence-corrected chi connectivity index (χ3v) is 2.94. The molecule has 1 aliphatic heterocycles. The van der Waals surface area contributed by atoms with Crippen molar-refractivity contribution >= 4 is 11.9 Å². The van der Waals surface area contributed by atoms with E-state index in [2.05, 4.69) is 16.0 Å². The number of rotatable bonds is 4. The van der Waals surface area contributed by atoms with Crippen LogP contribution in [0.5, 0.6) is 0 Å². The molecule has 0 atom stereocenters. The van der Waals surface area contributed by atoms with Gasteiger partial charge in [0.05, 0.1) is 6.54 Å². The first-order valence-corrected chi connectivity index (χ1v) is 5.66. The molecule has 1 saturated carbocycles. The van der Waals surface area contributed by atoms with Crippen LogP contribution < -0.4 is 16.0 Å². The molecule has 3 amide bonds. The summed E-state index contributed by atoms with van der Waals surface area (Å²) in [6, 6.07) is 0.325. The topological polar surface area (TPSA) is 73.5 Å². The lowest BCUT2D eigenvalue weighted by atomic mass is 10.1. The minimum atomic E-state index is -0.368. The predicted molar refractivity (Wildman–Crippen MR) is 59.0 cm³/mol. The molecular weight excluding hydrogens is 208 g/mol. The van der Waals surface area contributed by atoms with Gasteiger partial charge in [-0.15, -0.1) is 0 Å². The zero-order valence-electron chi connectivity index (χ0n) is 9.45. The number of likely N-dealkylation sites (N-methyl/N-ethyl adjacent to an activating group) is 1. The lowest BCUT2D eigenvalue weighted by molar-refractivity contribution is -0.121. The van der Waals surface area contributed by atoms with Crippen LogP contribution in [0.1, 0.15) is 12.8 Å². The lowest BCUT2D eigenvalue weighted by Gasteiger charge is -2.35. The van der Waals surface area contributed by atoms with Gasteiger partial charge < -0.3 is 10.6 Å². The average molecular weight is 226 g/mol. The van der Waals surface area contributed by atoms with Gasteiger partial charge in [-0.2, -0.15) is 0 Å². The SMILES string of the molecule is CN(CC(=O)NC(=O)NC1CC1)C1CNC1. The Morgan fingerprint density at radius 3 is 2.56 bits per heavy atom. The zero-order chi connectivity index (χ0) is 11.5. The largest absolute Gasteiger partial charge is 0.335 e. The Labute approximate surface area is 94.7 Å². The van der Waals surface area contributed by atoms with Crippen LogP contribution >= 0.6 is 0 Å². The van der Waals surface area contributed by atoms with Crippen LogP contribution in [0.3, 0.4) is 0 Å². The maximum absolute atomic E-state index is 11.5. The fourth-order valence-electron chi connectivity index (χ4n) is 1.56. The number of nitrogens with one attached hydrogen (secondary N) is 3. The van der Waals surface area contributed by atoms with Crippen molar-refractivity contribution in [2.75, 3.05) is 26.7 Å². The van der Waals surface area contributed by atoms with Gasteiger partial charge in [0.15, 0.2) is 0 Å². The highest BCUT2D eigenvalue weighted by Crippen LogP contribution is 2.18. The normalized spacial score (nSPS) is 20.4. The molecule has 90 valence electrons. The van der Waals surface area contributed by atoms with Crippen molar-refractivity contribution in [1.82, 2.24) is 20.9 Å². The Morgan fingerprint density at radius 1 is 1.38 bits per heavy atom. The number of imide groups is 1. The minimum Gasteiger partial charge on any atom is -0.335 e. The van der Waals surface area contributed by atoms with Gasteiger partial charge in [0.1, 0.15) is 0 Å². The number of urea groups is 1. The second kappa shape index (κ2) is 4.80. The molecule has 6 nitrogen and oxygen atoms in total. The van der Waals surface area contributed by atoms with E-state index in [1.165, 1.54) is 0 Å². The molecule has 6 heteroatoms. The van der Waals surface area contributed by atoms with E-state index >= 15 is 0 Å². The summed E-state index contributed by atoms with van der Waals surface area (Å²) in [7, 11) is 1.89. The lowest BCUT2D eigenvalue weighted by Crippen LogP contribution is -2.58. The van der Waals surface area contributed by atoms with Crippen molar-refractivity contribution in [3.05, 3.63) is 0 Å². The average Bonchev–Trinajstić information content (AvgIpc) is 2.82. The van der Waals surface area contributed by atoms with E-state index in [-0.39, 0.29) is 24.5 Å². The summed E-state index contributed by atoms with van der Waals surface area (Å²) in [5, 5.41) is 8.19. The van der Waals surface area contributed by atoms with Crippen molar-refractivity contribution in [1.29, 1.82) is 0 Å². The smallest absolute Gasteiger partial charge is 0.321 e. The van der Waals surface area contributed by atoms with Crippen LogP contribution in [0.2, 0.25) is 0 Å². The molecule has 16 heavy (non-hydrogen) atoms. The molecule has 0 aromatic rings. The Balaban J connectivity index is 1.64. The van der Waals surface area contributed by atoms with Gasteiger partial charge >= 0.3 is 6.03 Å². The first-order valence-electron chi connectivity index (χ1n) is 5.66. The van der Waals surface area contributed by atoms with Crippen LogP contribution in [0.25, 0.3) is 0 Å². The molecule has 0 bridgehead atoms. The third-order valence-electron chi connectivity index (χ3n) is 2.94. The molecule has 0 unspecified atom stereocenters. The first-order chi connectivity index (χ1) is 7.65. The van der Waals surface area contributed by atoms with Crippen molar-refractivity contribution in [3.8, 4) is 0 Å². The molecule has 1 saturated heterocycles. The second-order valence-electron chi connectivity index (χ2n) is 4.52. The van der Waals surface area contributed by atoms with E-state index in [4.69, 9.17) is 0 Å². The Kier molecular flexibility index (Phi) is 3.40. The molecular formula is C10H18N4O2. The molecule has 0 aromatic carbocycles. The van der Waals surface area contributed by atoms with Crippen LogP contribution in [-0.4, -0.2) is 55.6 Å². The van der Waals surface area contributed by atoms with E-state index < -0.39 is 0 Å². The van der Waals surface area contributed by atoms with Gasteiger partial charge in [0.2, 0.25) is 5.91 Å². The van der Waals surface area contributed by atoms with Crippen molar-refractivity contribution in [2.24, 2.45) is 0 Å². The van der Waals surface area contributed by atoms with Gasteiger partial charge in [-0.25, -0.2) is 4.79 Å². The van der Waals surface area contributed by atoms with Gasteiger partial charge in [0, 0.05) is 25.2 Å². The number of carbonyl (C=O) groups is 2. The third kappa shape index (κ3) is 3.18. The zero-order valence-corrected chi connectivity index (χ0v) is 9.45. The summed E-state index contributed by atoms with van der Waals surface area (Å²) in [5.74, 6) is -0.243. The number of amides is 3. The van der Waals surface area contributed by atoms with Crippen molar-refractivity contribution in [2.45, 2.75) is 24.9 Å². The molecule has 0 spiro atoms. The van der Waals surface area contributed by atoms with Crippen LogP contribution in [0.4, 0.5) is 4.79 Å². The predicted octanol–water partition coefficient (Wildman–Crippen LogP) is -1.12. The highest BCUT2D eigenvalue weighted by Gasteiger charge is 2.25. The van der Waals surface area contributed by atoms with Crippen LogP contribution in [0.15, 0.2) is 0 Å². The van der Waals surface area contributed by atoms with Crippen LogP contribution in [0, 0.1) is 0 Å². The molecule has 2 aliphatic rings. The highest BCUT2D eigenvalue weighted by molar-refractivity contribution is 5.95. The van der Waals surface area contributed by atoms with Crippen LogP contribution in [-0.2, 0) is 4.79 Å².